The van der Waals surface area contributed by atoms with E-state index in [1.807, 2.05) is 0 Å². The van der Waals surface area contributed by atoms with E-state index in [4.69, 9.17) is 4.74 Å². The van der Waals surface area contributed by atoms with Crippen molar-refractivity contribution >= 4 is 24.7 Å². The third kappa shape index (κ3) is 5.50. The zero-order valence-electron chi connectivity index (χ0n) is 14.9. The van der Waals surface area contributed by atoms with Crippen LogP contribution in [0.1, 0.15) is 43.7 Å². The van der Waals surface area contributed by atoms with Crippen molar-refractivity contribution in [1.82, 2.24) is 9.88 Å². The van der Waals surface area contributed by atoms with Crippen LogP contribution >= 0.6 is 18.9 Å². The molecule has 1 aromatic heterocycles. The summed E-state index contributed by atoms with van der Waals surface area (Å²) in [6.07, 6.45) is 9.23. The van der Waals surface area contributed by atoms with Gasteiger partial charge in [0.15, 0.2) is 0 Å². The fourth-order valence-corrected chi connectivity index (χ4v) is 6.45. The number of hydrogen-bond acceptors (Lipinski definition) is 4. The van der Waals surface area contributed by atoms with Gasteiger partial charge in [-0.1, -0.05) is 11.3 Å². The average Bonchev–Trinajstić information content (AvgIpc) is 2.85. The summed E-state index contributed by atoms with van der Waals surface area (Å²) in [6.45, 7) is 6.46. The Morgan fingerprint density at radius 1 is 1.25 bits per heavy atom. The quantitative estimate of drug-likeness (QED) is 0.728. The topological polar surface area (TPSA) is 25.4 Å². The maximum absolute atomic E-state index is 13.6. The highest BCUT2D eigenvalue weighted by atomic mass is 32.1. The Morgan fingerprint density at radius 3 is 2.75 bits per heavy atom. The highest BCUT2D eigenvalue weighted by molar-refractivity contribution is 7.57. The van der Waals surface area contributed by atoms with Crippen LogP contribution in [0.15, 0.2) is 0 Å². The second kappa shape index (κ2) is 8.25. The summed E-state index contributed by atoms with van der Waals surface area (Å²) in [4.78, 5) is 8.49. The molecule has 2 aliphatic heterocycles. The van der Waals surface area contributed by atoms with Crippen LogP contribution in [0.3, 0.4) is 0 Å². The molecule has 1 saturated heterocycles. The summed E-state index contributed by atoms with van der Waals surface area (Å²) in [6, 6.07) is 0. The van der Waals surface area contributed by atoms with Crippen molar-refractivity contribution in [2.75, 3.05) is 38.6 Å². The molecule has 0 amide bonds. The highest BCUT2D eigenvalue weighted by Crippen LogP contribution is 2.31. The number of halogens is 1. The first-order chi connectivity index (χ1) is 11.5. The number of rotatable bonds is 5. The van der Waals surface area contributed by atoms with Gasteiger partial charge in [0.05, 0.1) is 25.6 Å². The molecule has 6 heteroatoms. The van der Waals surface area contributed by atoms with Gasteiger partial charge >= 0.3 is 0 Å². The Bertz CT molecular complexity index is 549. The first kappa shape index (κ1) is 18.3. The van der Waals surface area contributed by atoms with Gasteiger partial charge in [-0.25, -0.2) is 9.37 Å². The number of alkyl halides is 1. The van der Waals surface area contributed by atoms with Crippen LogP contribution in [0.4, 0.5) is 4.39 Å². The molecule has 0 saturated carbocycles. The molecule has 0 aromatic carbocycles. The summed E-state index contributed by atoms with van der Waals surface area (Å²) in [5, 5.41) is 0.636. The lowest BCUT2D eigenvalue weighted by Crippen LogP contribution is -2.28. The predicted molar refractivity (Wildman–Crippen MR) is 103 cm³/mol. The van der Waals surface area contributed by atoms with E-state index in [9.17, 15) is 4.39 Å². The zero-order valence-corrected chi connectivity index (χ0v) is 16.6. The van der Waals surface area contributed by atoms with Crippen LogP contribution in [-0.2, 0) is 12.8 Å². The maximum atomic E-state index is 13.6. The van der Waals surface area contributed by atoms with E-state index < -0.39 is 5.67 Å². The molecule has 3 heterocycles. The molecule has 0 aliphatic carbocycles. The van der Waals surface area contributed by atoms with Gasteiger partial charge < -0.3 is 4.74 Å². The first-order valence-corrected chi connectivity index (χ1v) is 11.7. The number of nitrogens with zero attached hydrogens (tertiary/aromatic N) is 2. The SMILES string of the molecule is CC(C)(F)COc1nc2c(s1)CCN(CC=[P+]1CCCCC1)CC2. The normalized spacial score (nSPS) is 19.7. The minimum absolute atomic E-state index is 0.0734. The molecule has 0 atom stereocenters. The lowest BCUT2D eigenvalue weighted by Gasteiger charge is -2.16. The number of hydrogen-bond donors (Lipinski definition) is 0. The summed E-state index contributed by atoms with van der Waals surface area (Å²) in [7, 11) is 0.191. The van der Waals surface area contributed by atoms with E-state index in [1.165, 1.54) is 50.3 Å². The van der Waals surface area contributed by atoms with Crippen LogP contribution in [0.5, 0.6) is 5.19 Å². The number of thiazole rings is 1. The molecule has 1 aromatic rings. The summed E-state index contributed by atoms with van der Waals surface area (Å²) >= 11 is 1.60. The van der Waals surface area contributed by atoms with E-state index >= 15 is 0 Å². The van der Waals surface area contributed by atoms with E-state index in [-0.39, 0.29) is 14.2 Å². The van der Waals surface area contributed by atoms with Crippen molar-refractivity contribution in [3.63, 3.8) is 0 Å². The molecular weight excluding hydrogens is 342 g/mol. The molecule has 2 aliphatic rings. The van der Waals surface area contributed by atoms with Crippen LogP contribution in [0.2, 0.25) is 0 Å². The summed E-state index contributed by atoms with van der Waals surface area (Å²) < 4.78 is 19.1. The van der Waals surface area contributed by atoms with Gasteiger partial charge in [-0.3, -0.25) is 4.90 Å². The molecule has 24 heavy (non-hydrogen) atoms. The molecule has 3 rings (SSSR count). The lowest BCUT2D eigenvalue weighted by atomic mass is 10.2. The molecule has 0 unspecified atom stereocenters. The smallest absolute Gasteiger partial charge is 0.273 e. The molecule has 134 valence electrons. The van der Waals surface area contributed by atoms with Gasteiger partial charge in [0.25, 0.3) is 5.19 Å². The second-order valence-electron chi connectivity index (χ2n) is 7.44. The van der Waals surface area contributed by atoms with Gasteiger partial charge in [0.2, 0.25) is 0 Å². The van der Waals surface area contributed by atoms with Crippen molar-refractivity contribution in [3.05, 3.63) is 10.6 Å². The number of ether oxygens (including phenoxy) is 1. The Hall–Kier alpha value is -0.510. The molecule has 0 N–H and O–H groups in total. The molecule has 1 fully saturated rings. The van der Waals surface area contributed by atoms with Gasteiger partial charge in [-0.15, -0.1) is 0 Å². The highest BCUT2D eigenvalue weighted by Gasteiger charge is 2.22. The standard InChI is InChI=1S/C18H29FN2OPS/c1-18(2,19)14-22-17-20-15-6-8-21(9-7-16(15)24-17)10-13-23-11-4-3-5-12-23/h13H,3-12,14H2,1-2H3/q+1. The lowest BCUT2D eigenvalue weighted by molar-refractivity contribution is 0.120. The van der Waals surface area contributed by atoms with Gasteiger partial charge in [0, 0.05) is 24.4 Å². The molecule has 0 spiro atoms. The Morgan fingerprint density at radius 2 is 2.00 bits per heavy atom. The molecule has 0 radical (unpaired) electrons. The van der Waals surface area contributed by atoms with Crippen molar-refractivity contribution < 1.29 is 9.13 Å². The molecular formula is C18H29FN2OPS+. The maximum Gasteiger partial charge on any atom is 0.273 e. The predicted octanol–water partition coefficient (Wildman–Crippen LogP) is 4.14. The van der Waals surface area contributed by atoms with Crippen LogP contribution in [0.25, 0.3) is 0 Å². The zero-order chi connectivity index (χ0) is 17.0. The van der Waals surface area contributed by atoms with E-state index in [0.29, 0.717) is 5.19 Å². The van der Waals surface area contributed by atoms with Crippen molar-refractivity contribution in [2.45, 2.75) is 51.6 Å². The van der Waals surface area contributed by atoms with Crippen molar-refractivity contribution in [1.29, 1.82) is 0 Å². The second-order valence-corrected chi connectivity index (χ2v) is 10.9. The number of aromatic nitrogens is 1. The van der Waals surface area contributed by atoms with Gasteiger partial charge in [-0.2, -0.15) is 0 Å². The summed E-state index contributed by atoms with van der Waals surface area (Å²) in [5.41, 5.74) is -0.145. The van der Waals surface area contributed by atoms with Crippen molar-refractivity contribution in [2.24, 2.45) is 0 Å². The minimum atomic E-state index is -1.31. The fraction of sp³-hybridized carbons (Fsp3) is 0.778. The van der Waals surface area contributed by atoms with E-state index in [1.54, 1.807) is 11.3 Å². The van der Waals surface area contributed by atoms with E-state index in [0.717, 1.165) is 38.2 Å². The largest absolute Gasteiger partial charge is 0.467 e. The Kier molecular flexibility index (Phi) is 6.28. The minimum Gasteiger partial charge on any atom is -0.467 e. The van der Waals surface area contributed by atoms with Crippen LogP contribution in [0, 0.1) is 0 Å². The number of fused-ring (bicyclic) bond motifs is 1. The fourth-order valence-electron chi connectivity index (χ4n) is 3.20. The third-order valence-corrected chi connectivity index (χ3v) is 8.14. The van der Waals surface area contributed by atoms with Crippen LogP contribution in [-0.4, -0.2) is 59.9 Å². The van der Waals surface area contributed by atoms with Crippen LogP contribution < -0.4 is 4.74 Å². The van der Waals surface area contributed by atoms with Crippen molar-refractivity contribution in [3.8, 4) is 5.19 Å². The first-order valence-electron chi connectivity index (χ1n) is 9.10. The summed E-state index contributed by atoms with van der Waals surface area (Å²) in [5.74, 6) is 2.61. The Labute approximate surface area is 150 Å². The Balaban J connectivity index is 1.51. The average molecular weight is 371 g/mol. The molecule has 3 nitrogen and oxygen atoms in total. The van der Waals surface area contributed by atoms with Gasteiger partial charge in [0.1, 0.15) is 24.6 Å². The monoisotopic (exact) mass is 371 g/mol. The van der Waals surface area contributed by atoms with Gasteiger partial charge in [-0.05, 0) is 39.5 Å². The third-order valence-electron chi connectivity index (χ3n) is 4.61. The van der Waals surface area contributed by atoms with E-state index in [2.05, 4.69) is 15.7 Å². The molecule has 0 bridgehead atoms.